The molecule has 0 radical (unpaired) electrons. The first-order chi connectivity index (χ1) is 9.65. The van der Waals surface area contributed by atoms with Gasteiger partial charge in [0.05, 0.1) is 19.1 Å². The molecule has 0 fully saturated rings. The molecule has 104 valence electrons. The quantitative estimate of drug-likeness (QED) is 0.667. The number of methoxy groups -OCH3 is 2. The van der Waals surface area contributed by atoms with E-state index in [2.05, 4.69) is 10.3 Å². The number of hydrogen-bond donors (Lipinski definition) is 1. The van der Waals surface area contributed by atoms with E-state index in [1.165, 1.54) is 32.5 Å². The van der Waals surface area contributed by atoms with E-state index in [1.54, 1.807) is 18.2 Å². The highest BCUT2D eigenvalue weighted by Gasteiger charge is 2.14. The summed E-state index contributed by atoms with van der Waals surface area (Å²) in [6.45, 7) is 0. The van der Waals surface area contributed by atoms with Gasteiger partial charge in [-0.25, -0.2) is 4.98 Å². The van der Waals surface area contributed by atoms with Gasteiger partial charge in [-0.05, 0) is 18.2 Å². The third-order valence-corrected chi connectivity index (χ3v) is 2.63. The zero-order chi connectivity index (χ0) is 14.5. The van der Waals surface area contributed by atoms with Crippen molar-refractivity contribution in [2.75, 3.05) is 19.5 Å². The fraction of sp³-hybridized carbons (Fsp3) is 0.154. The van der Waals surface area contributed by atoms with Gasteiger partial charge < -0.3 is 14.8 Å². The number of pyridine rings is 1. The van der Waals surface area contributed by atoms with Crippen LogP contribution in [0.4, 0.5) is 17.2 Å². The number of nitrogens with one attached hydrogen (secondary N) is 1. The lowest BCUT2D eigenvalue weighted by atomic mass is 10.2. The summed E-state index contributed by atoms with van der Waals surface area (Å²) in [5, 5.41) is 13.8. The first kappa shape index (κ1) is 13.6. The third-order valence-electron chi connectivity index (χ3n) is 2.63. The topological polar surface area (TPSA) is 86.5 Å². The SMILES string of the molecule is COc1ccc(Nc2ncccc2[N+](=O)[O-])cc1OC. The molecular formula is C13H13N3O4. The molecule has 0 saturated heterocycles. The number of nitro groups is 1. The van der Waals surface area contributed by atoms with Crippen LogP contribution in [0.25, 0.3) is 0 Å². The maximum absolute atomic E-state index is 10.9. The summed E-state index contributed by atoms with van der Waals surface area (Å²) >= 11 is 0. The normalized spacial score (nSPS) is 9.90. The predicted octanol–water partition coefficient (Wildman–Crippen LogP) is 2.75. The molecule has 20 heavy (non-hydrogen) atoms. The molecule has 7 heteroatoms. The molecule has 0 amide bonds. The second kappa shape index (κ2) is 5.87. The van der Waals surface area contributed by atoms with Crippen LogP contribution in [0.15, 0.2) is 36.5 Å². The van der Waals surface area contributed by atoms with Crippen molar-refractivity contribution in [2.24, 2.45) is 0 Å². The fourth-order valence-electron chi connectivity index (χ4n) is 1.69. The number of hydrogen-bond acceptors (Lipinski definition) is 6. The minimum atomic E-state index is -0.490. The monoisotopic (exact) mass is 275 g/mol. The smallest absolute Gasteiger partial charge is 0.311 e. The van der Waals surface area contributed by atoms with Gasteiger partial charge in [-0.3, -0.25) is 10.1 Å². The van der Waals surface area contributed by atoms with E-state index < -0.39 is 4.92 Å². The van der Waals surface area contributed by atoms with Gasteiger partial charge in [0.15, 0.2) is 11.5 Å². The number of anilines is 2. The van der Waals surface area contributed by atoms with Crippen molar-refractivity contribution >= 4 is 17.2 Å². The summed E-state index contributed by atoms with van der Waals surface area (Å²) in [5.41, 5.74) is 0.520. The highest BCUT2D eigenvalue weighted by Crippen LogP contribution is 2.32. The van der Waals surface area contributed by atoms with Crippen molar-refractivity contribution in [1.29, 1.82) is 0 Å². The van der Waals surface area contributed by atoms with Crippen LogP contribution in [0.5, 0.6) is 11.5 Å². The molecular weight excluding hydrogens is 262 g/mol. The molecule has 0 unspecified atom stereocenters. The Bertz CT molecular complexity index is 631. The molecule has 0 saturated carbocycles. The van der Waals surface area contributed by atoms with Crippen molar-refractivity contribution in [2.45, 2.75) is 0 Å². The van der Waals surface area contributed by atoms with Gasteiger partial charge in [0.1, 0.15) is 0 Å². The van der Waals surface area contributed by atoms with Crippen molar-refractivity contribution in [3.8, 4) is 11.5 Å². The number of aromatic nitrogens is 1. The van der Waals surface area contributed by atoms with Crippen LogP contribution in [-0.2, 0) is 0 Å². The van der Waals surface area contributed by atoms with Crippen LogP contribution in [0.2, 0.25) is 0 Å². The van der Waals surface area contributed by atoms with E-state index in [4.69, 9.17) is 9.47 Å². The van der Waals surface area contributed by atoms with Crippen LogP contribution in [0, 0.1) is 10.1 Å². The lowest BCUT2D eigenvalue weighted by Crippen LogP contribution is -2.00. The average Bonchev–Trinajstić information content (AvgIpc) is 2.47. The van der Waals surface area contributed by atoms with E-state index in [9.17, 15) is 10.1 Å². The molecule has 0 bridgehead atoms. The molecule has 1 aromatic heterocycles. The van der Waals surface area contributed by atoms with Gasteiger partial charge in [-0.15, -0.1) is 0 Å². The zero-order valence-corrected chi connectivity index (χ0v) is 11.0. The average molecular weight is 275 g/mol. The predicted molar refractivity (Wildman–Crippen MR) is 73.7 cm³/mol. The van der Waals surface area contributed by atoms with Gasteiger partial charge in [0.25, 0.3) is 0 Å². The lowest BCUT2D eigenvalue weighted by molar-refractivity contribution is -0.384. The number of benzene rings is 1. The minimum Gasteiger partial charge on any atom is -0.493 e. The Morgan fingerprint density at radius 1 is 1.20 bits per heavy atom. The van der Waals surface area contributed by atoms with Gasteiger partial charge in [0.2, 0.25) is 5.82 Å². The molecule has 1 N–H and O–H groups in total. The zero-order valence-electron chi connectivity index (χ0n) is 11.0. The maximum Gasteiger partial charge on any atom is 0.311 e. The molecule has 2 aromatic rings. The molecule has 0 aliphatic heterocycles. The van der Waals surface area contributed by atoms with Gasteiger partial charge in [-0.1, -0.05) is 0 Å². The minimum absolute atomic E-state index is 0.0951. The van der Waals surface area contributed by atoms with E-state index in [0.717, 1.165) is 0 Å². The molecule has 0 aliphatic carbocycles. The van der Waals surface area contributed by atoms with E-state index >= 15 is 0 Å². The van der Waals surface area contributed by atoms with Crippen LogP contribution >= 0.6 is 0 Å². The fourth-order valence-corrected chi connectivity index (χ4v) is 1.69. The summed E-state index contributed by atoms with van der Waals surface area (Å²) in [6.07, 6.45) is 1.48. The largest absolute Gasteiger partial charge is 0.493 e. The number of nitrogens with zero attached hydrogens (tertiary/aromatic N) is 2. The molecule has 0 spiro atoms. The van der Waals surface area contributed by atoms with Crippen LogP contribution < -0.4 is 14.8 Å². The highest BCUT2D eigenvalue weighted by molar-refractivity contribution is 5.67. The second-order valence-electron chi connectivity index (χ2n) is 3.82. The Morgan fingerprint density at radius 3 is 2.60 bits per heavy atom. The Hall–Kier alpha value is -2.83. The van der Waals surface area contributed by atoms with Crippen LogP contribution in [0.3, 0.4) is 0 Å². The molecule has 0 atom stereocenters. The Labute approximate surface area is 115 Å². The summed E-state index contributed by atoms with van der Waals surface area (Å²) in [7, 11) is 3.05. The van der Waals surface area contributed by atoms with Gasteiger partial charge in [-0.2, -0.15) is 0 Å². The van der Waals surface area contributed by atoms with Gasteiger partial charge in [0, 0.05) is 24.0 Å². The van der Waals surface area contributed by atoms with Crippen LogP contribution in [0.1, 0.15) is 0 Å². The van der Waals surface area contributed by atoms with Crippen LogP contribution in [-0.4, -0.2) is 24.1 Å². The summed E-state index contributed by atoms with van der Waals surface area (Å²) in [5.74, 6) is 1.27. The van der Waals surface area contributed by atoms with E-state index in [-0.39, 0.29) is 11.5 Å². The number of rotatable bonds is 5. The summed E-state index contributed by atoms with van der Waals surface area (Å²) < 4.78 is 10.3. The molecule has 7 nitrogen and oxygen atoms in total. The highest BCUT2D eigenvalue weighted by atomic mass is 16.6. The second-order valence-corrected chi connectivity index (χ2v) is 3.82. The standard InChI is InChI=1S/C13H13N3O4/c1-19-11-6-5-9(8-12(11)20-2)15-13-10(16(17)18)4-3-7-14-13/h3-8H,1-2H3,(H,14,15). The third kappa shape index (κ3) is 2.77. The molecule has 1 heterocycles. The van der Waals surface area contributed by atoms with Crippen molar-refractivity contribution in [1.82, 2.24) is 4.98 Å². The molecule has 0 aliphatic rings. The Morgan fingerprint density at radius 2 is 1.95 bits per heavy atom. The van der Waals surface area contributed by atoms with Gasteiger partial charge >= 0.3 is 5.69 Å². The van der Waals surface area contributed by atoms with E-state index in [1.807, 2.05) is 0 Å². The van der Waals surface area contributed by atoms with Crippen molar-refractivity contribution in [3.05, 3.63) is 46.6 Å². The lowest BCUT2D eigenvalue weighted by Gasteiger charge is -2.10. The van der Waals surface area contributed by atoms with Crippen molar-refractivity contribution in [3.63, 3.8) is 0 Å². The molecule has 1 aromatic carbocycles. The van der Waals surface area contributed by atoms with E-state index in [0.29, 0.717) is 17.2 Å². The summed E-state index contributed by atoms with van der Waals surface area (Å²) in [4.78, 5) is 14.4. The van der Waals surface area contributed by atoms with Crippen molar-refractivity contribution < 1.29 is 14.4 Å². The molecule has 2 rings (SSSR count). The summed E-state index contributed by atoms with van der Waals surface area (Å²) in [6, 6.07) is 8.00. The Kier molecular flexibility index (Phi) is 3.99. The first-order valence-corrected chi connectivity index (χ1v) is 5.74. The maximum atomic E-state index is 10.9. The number of ether oxygens (including phenoxy) is 2. The Balaban J connectivity index is 2.33. The first-order valence-electron chi connectivity index (χ1n) is 5.74.